The lowest BCUT2D eigenvalue weighted by atomic mass is 9.91. The summed E-state index contributed by atoms with van der Waals surface area (Å²) in [7, 11) is 1.92. The third-order valence-electron chi connectivity index (χ3n) is 8.72. The SMILES string of the molecule is Cc1nc2cc(-c3cccc(-c4ccc5c(cnn5C)c4)c3)nn2c(-c2cc(F)c3c(c2C)CCCO3)c1C(OC(C)(C)C)C(=O)O. The van der Waals surface area contributed by atoms with Crippen molar-refractivity contribution < 1.29 is 23.8 Å². The summed E-state index contributed by atoms with van der Waals surface area (Å²) in [6, 6.07) is 17.6. The van der Waals surface area contributed by atoms with E-state index >= 15 is 4.39 Å². The fourth-order valence-corrected chi connectivity index (χ4v) is 6.54. The topological polar surface area (TPSA) is 104 Å². The van der Waals surface area contributed by atoms with E-state index < -0.39 is 23.5 Å². The van der Waals surface area contributed by atoms with E-state index in [-0.39, 0.29) is 5.75 Å². The number of hydrogen-bond donors (Lipinski definition) is 1. The number of benzene rings is 3. The zero-order chi connectivity index (χ0) is 33.2. The fourth-order valence-electron chi connectivity index (χ4n) is 6.54. The second kappa shape index (κ2) is 11.3. The first-order chi connectivity index (χ1) is 22.4. The van der Waals surface area contributed by atoms with Crippen LogP contribution in [-0.2, 0) is 23.0 Å². The monoisotopic (exact) mass is 633 g/mol. The largest absolute Gasteiger partial charge is 0.490 e. The minimum Gasteiger partial charge on any atom is -0.490 e. The minimum atomic E-state index is -1.38. The molecule has 4 heterocycles. The Balaban J connectivity index is 1.45. The van der Waals surface area contributed by atoms with Gasteiger partial charge in [0.25, 0.3) is 0 Å². The number of carboxylic acid groups (broad SMARTS) is 1. The number of carbonyl (C=O) groups is 1. The Morgan fingerprint density at radius 1 is 1.06 bits per heavy atom. The van der Waals surface area contributed by atoms with Gasteiger partial charge in [-0.3, -0.25) is 4.68 Å². The van der Waals surface area contributed by atoms with Crippen LogP contribution in [0.3, 0.4) is 0 Å². The molecule has 240 valence electrons. The summed E-state index contributed by atoms with van der Waals surface area (Å²) in [6.07, 6.45) is 1.88. The summed E-state index contributed by atoms with van der Waals surface area (Å²) in [5.74, 6) is -1.41. The van der Waals surface area contributed by atoms with Gasteiger partial charge < -0.3 is 14.6 Å². The van der Waals surface area contributed by atoms with Crippen LogP contribution >= 0.6 is 0 Å². The van der Waals surface area contributed by atoms with Crippen molar-refractivity contribution in [2.24, 2.45) is 7.05 Å². The Morgan fingerprint density at radius 2 is 1.83 bits per heavy atom. The molecule has 0 fully saturated rings. The molecular formula is C37H36FN5O4. The molecule has 1 aliphatic heterocycles. The Kier molecular flexibility index (Phi) is 7.35. The Hall–Kier alpha value is -5.09. The summed E-state index contributed by atoms with van der Waals surface area (Å²) in [5, 5.41) is 20.9. The van der Waals surface area contributed by atoms with E-state index in [9.17, 15) is 9.90 Å². The molecular weight excluding hydrogens is 597 g/mol. The molecule has 1 atom stereocenters. The van der Waals surface area contributed by atoms with Crippen LogP contribution in [-0.4, -0.2) is 47.7 Å². The summed E-state index contributed by atoms with van der Waals surface area (Å²) in [6.45, 7) is 9.53. The second-order valence-corrected chi connectivity index (χ2v) is 13.1. The van der Waals surface area contributed by atoms with Gasteiger partial charge in [0, 0.05) is 46.4 Å². The van der Waals surface area contributed by atoms with Gasteiger partial charge in [-0.25, -0.2) is 18.7 Å². The molecule has 1 aliphatic rings. The van der Waals surface area contributed by atoms with Crippen molar-refractivity contribution in [1.82, 2.24) is 24.4 Å². The number of nitrogens with zero attached hydrogens (tertiary/aromatic N) is 5. The highest BCUT2D eigenvalue weighted by molar-refractivity contribution is 5.86. The molecule has 9 nitrogen and oxygen atoms in total. The predicted octanol–water partition coefficient (Wildman–Crippen LogP) is 7.64. The van der Waals surface area contributed by atoms with Crippen LogP contribution in [0, 0.1) is 19.7 Å². The van der Waals surface area contributed by atoms with Gasteiger partial charge in [0.15, 0.2) is 23.3 Å². The molecule has 1 N–H and O–H groups in total. The zero-order valence-corrected chi connectivity index (χ0v) is 27.3. The number of aliphatic carboxylic acids is 1. The van der Waals surface area contributed by atoms with Crippen molar-refractivity contribution in [3.63, 3.8) is 0 Å². The fraction of sp³-hybridized carbons (Fsp3) is 0.297. The molecule has 0 radical (unpaired) electrons. The standard InChI is InChI=1S/C37H36FN5O4/c1-20-26-11-8-14-46-34(26)28(38)17-27(20)33-32(35(36(44)45)47-37(3,4)5)21(2)40-31-18-29(41-43(31)33)24-10-7-9-22(15-24)23-12-13-30-25(16-23)19-39-42(30)6/h7,9-10,12-13,15-19,35H,8,11,14H2,1-6H3,(H,44,45). The summed E-state index contributed by atoms with van der Waals surface area (Å²) < 4.78 is 31.1. The van der Waals surface area contributed by atoms with Crippen molar-refractivity contribution in [3.8, 4) is 39.4 Å². The molecule has 0 saturated carbocycles. The third kappa shape index (κ3) is 5.42. The van der Waals surface area contributed by atoms with Gasteiger partial charge in [-0.1, -0.05) is 24.3 Å². The van der Waals surface area contributed by atoms with Gasteiger partial charge in [-0.15, -0.1) is 0 Å². The van der Waals surface area contributed by atoms with Crippen LogP contribution in [0.2, 0.25) is 0 Å². The van der Waals surface area contributed by atoms with Gasteiger partial charge in [0.2, 0.25) is 0 Å². The first-order valence-electron chi connectivity index (χ1n) is 15.7. The summed E-state index contributed by atoms with van der Waals surface area (Å²) in [5.41, 5.74) is 7.62. The van der Waals surface area contributed by atoms with Crippen LogP contribution in [0.1, 0.15) is 55.7 Å². The van der Waals surface area contributed by atoms with Gasteiger partial charge in [0.05, 0.1) is 35.3 Å². The minimum absolute atomic E-state index is 0.254. The van der Waals surface area contributed by atoms with E-state index in [1.165, 1.54) is 6.07 Å². The number of ether oxygens (including phenoxy) is 2. The van der Waals surface area contributed by atoms with Gasteiger partial charge in [-0.05, 0) is 88.4 Å². The molecule has 6 aromatic rings. The predicted molar refractivity (Wildman–Crippen MR) is 178 cm³/mol. The van der Waals surface area contributed by atoms with Crippen molar-refractivity contribution in [3.05, 3.63) is 89.0 Å². The molecule has 10 heteroatoms. The van der Waals surface area contributed by atoms with Crippen LogP contribution in [0.4, 0.5) is 4.39 Å². The maximum atomic E-state index is 15.7. The van der Waals surface area contributed by atoms with E-state index in [1.54, 1.807) is 32.2 Å². The highest BCUT2D eigenvalue weighted by atomic mass is 19.1. The quantitative estimate of drug-likeness (QED) is 0.201. The maximum Gasteiger partial charge on any atom is 0.337 e. The number of aryl methyl sites for hydroxylation is 2. The van der Waals surface area contributed by atoms with Crippen molar-refractivity contribution >= 4 is 22.5 Å². The van der Waals surface area contributed by atoms with Gasteiger partial charge in [0.1, 0.15) is 0 Å². The van der Waals surface area contributed by atoms with E-state index in [4.69, 9.17) is 19.6 Å². The lowest BCUT2D eigenvalue weighted by Crippen LogP contribution is -2.29. The number of aromatic nitrogens is 5. The van der Waals surface area contributed by atoms with Crippen molar-refractivity contribution in [1.29, 1.82) is 0 Å². The molecule has 0 saturated heterocycles. The number of hydrogen-bond acceptors (Lipinski definition) is 6. The normalized spacial score (nSPS) is 13.9. The van der Waals surface area contributed by atoms with Crippen LogP contribution in [0.25, 0.3) is 50.2 Å². The van der Waals surface area contributed by atoms with Crippen LogP contribution in [0.15, 0.2) is 60.8 Å². The average Bonchev–Trinajstić information content (AvgIpc) is 3.64. The number of halogens is 1. The molecule has 47 heavy (non-hydrogen) atoms. The molecule has 0 spiro atoms. The Bertz CT molecular complexity index is 2210. The molecule has 1 unspecified atom stereocenters. The molecule has 7 rings (SSSR count). The third-order valence-corrected chi connectivity index (χ3v) is 8.72. The smallest absolute Gasteiger partial charge is 0.337 e. The molecule has 0 amide bonds. The van der Waals surface area contributed by atoms with E-state index in [1.807, 2.05) is 49.1 Å². The second-order valence-electron chi connectivity index (χ2n) is 13.1. The van der Waals surface area contributed by atoms with Crippen molar-refractivity contribution in [2.75, 3.05) is 6.61 Å². The van der Waals surface area contributed by atoms with Crippen LogP contribution in [0.5, 0.6) is 5.75 Å². The highest BCUT2D eigenvalue weighted by Crippen LogP contribution is 2.42. The lowest BCUT2D eigenvalue weighted by molar-refractivity contribution is -0.160. The van der Waals surface area contributed by atoms with E-state index in [2.05, 4.69) is 29.4 Å². The molecule has 0 bridgehead atoms. The molecule has 0 aliphatic carbocycles. The molecule has 3 aromatic heterocycles. The number of fused-ring (bicyclic) bond motifs is 3. The van der Waals surface area contributed by atoms with Gasteiger partial charge >= 0.3 is 5.97 Å². The van der Waals surface area contributed by atoms with E-state index in [0.29, 0.717) is 46.9 Å². The Morgan fingerprint density at radius 3 is 2.60 bits per heavy atom. The van der Waals surface area contributed by atoms with E-state index in [0.717, 1.165) is 45.1 Å². The summed E-state index contributed by atoms with van der Waals surface area (Å²) in [4.78, 5) is 17.7. The maximum absolute atomic E-state index is 15.7. The zero-order valence-electron chi connectivity index (χ0n) is 27.3. The summed E-state index contributed by atoms with van der Waals surface area (Å²) >= 11 is 0. The highest BCUT2D eigenvalue weighted by Gasteiger charge is 2.34. The average molecular weight is 634 g/mol. The first kappa shape index (κ1) is 30.6. The first-order valence-corrected chi connectivity index (χ1v) is 15.7. The van der Waals surface area contributed by atoms with Gasteiger partial charge in [-0.2, -0.15) is 10.2 Å². The molecule has 3 aromatic carbocycles. The van der Waals surface area contributed by atoms with Crippen molar-refractivity contribution in [2.45, 2.75) is 59.2 Å². The Labute approximate surface area is 271 Å². The van der Waals surface area contributed by atoms with Crippen LogP contribution < -0.4 is 4.74 Å². The number of carboxylic acids is 1. The lowest BCUT2D eigenvalue weighted by Gasteiger charge is -2.28. The number of rotatable bonds is 6.